The highest BCUT2D eigenvalue weighted by molar-refractivity contribution is 8.13. The Kier molecular flexibility index (Phi) is 4.18. The van der Waals surface area contributed by atoms with Crippen LogP contribution in [-0.2, 0) is 11.3 Å². The van der Waals surface area contributed by atoms with Gasteiger partial charge in [0, 0.05) is 17.7 Å². The molecule has 1 saturated heterocycles. The van der Waals surface area contributed by atoms with Crippen LogP contribution in [-0.4, -0.2) is 27.7 Å². The molecule has 0 radical (unpaired) electrons. The maximum Gasteiger partial charge on any atom is 0.288 e. The van der Waals surface area contributed by atoms with E-state index >= 15 is 0 Å². The number of carbonyl (C=O) groups is 3. The molecule has 0 spiro atoms. The van der Waals surface area contributed by atoms with Gasteiger partial charge >= 0.3 is 0 Å². The van der Waals surface area contributed by atoms with Crippen molar-refractivity contribution in [2.24, 2.45) is 5.84 Å². The summed E-state index contributed by atoms with van der Waals surface area (Å²) in [5, 5.41) is -0.245. The fraction of sp³-hybridized carbons (Fsp3) is 0.250. The molecule has 1 aromatic rings. The van der Waals surface area contributed by atoms with Crippen LogP contribution in [0.2, 0.25) is 0 Å². The van der Waals surface area contributed by atoms with E-state index in [1.165, 1.54) is 4.90 Å². The number of nitrogens with two attached hydrogens (primary N) is 1. The van der Waals surface area contributed by atoms with Gasteiger partial charge in [-0.05, 0) is 17.7 Å². The van der Waals surface area contributed by atoms with Crippen LogP contribution in [0.4, 0.5) is 4.79 Å². The van der Waals surface area contributed by atoms with Gasteiger partial charge in [0.25, 0.3) is 11.1 Å². The van der Waals surface area contributed by atoms with Crippen LogP contribution >= 0.6 is 11.8 Å². The Morgan fingerprint density at radius 2 is 2.21 bits per heavy atom. The molecule has 1 heterocycles. The second kappa shape index (κ2) is 5.85. The quantitative estimate of drug-likeness (QED) is 0.486. The Morgan fingerprint density at radius 3 is 2.89 bits per heavy atom. The summed E-state index contributed by atoms with van der Waals surface area (Å²) in [6.07, 6.45) is 0.360. The Morgan fingerprint density at radius 1 is 1.42 bits per heavy atom. The monoisotopic (exact) mass is 279 g/mol. The lowest BCUT2D eigenvalue weighted by Crippen LogP contribution is -2.37. The van der Waals surface area contributed by atoms with Crippen molar-refractivity contribution in [1.29, 1.82) is 0 Å². The van der Waals surface area contributed by atoms with E-state index < -0.39 is 5.91 Å². The van der Waals surface area contributed by atoms with E-state index in [0.717, 1.165) is 11.8 Å². The van der Waals surface area contributed by atoms with Gasteiger partial charge in [0.05, 0.1) is 6.54 Å². The average molecular weight is 279 g/mol. The van der Waals surface area contributed by atoms with Crippen molar-refractivity contribution in [2.75, 3.05) is 5.75 Å². The molecule has 7 heteroatoms. The minimum Gasteiger partial charge on any atom is -0.290 e. The molecule has 1 fully saturated rings. The molecule has 19 heavy (non-hydrogen) atoms. The lowest BCUT2D eigenvalue weighted by atomic mass is 10.1. The molecule has 6 nitrogen and oxygen atoms in total. The number of carbonyl (C=O) groups excluding carboxylic acids is 3. The molecule has 3 N–H and O–H groups in total. The highest BCUT2D eigenvalue weighted by Crippen LogP contribution is 2.21. The molecule has 3 amide bonds. The van der Waals surface area contributed by atoms with Gasteiger partial charge in [0.1, 0.15) is 0 Å². The van der Waals surface area contributed by atoms with Crippen molar-refractivity contribution in [3.63, 3.8) is 0 Å². The van der Waals surface area contributed by atoms with E-state index in [4.69, 9.17) is 5.84 Å². The second-order valence-corrected chi connectivity index (χ2v) is 5.06. The molecule has 0 atom stereocenters. The van der Waals surface area contributed by atoms with Gasteiger partial charge in [0.2, 0.25) is 5.91 Å². The van der Waals surface area contributed by atoms with Crippen molar-refractivity contribution in [1.82, 2.24) is 10.3 Å². The van der Waals surface area contributed by atoms with Crippen molar-refractivity contribution < 1.29 is 14.4 Å². The summed E-state index contributed by atoms with van der Waals surface area (Å²) in [7, 11) is 0. The zero-order valence-electron chi connectivity index (χ0n) is 10.1. The standard InChI is InChI=1S/C12H13N3O3S/c13-14-11(17)9-3-1-2-8(6-9)7-15-10(16)4-5-19-12(15)18/h1-3,6H,4-5,7,13H2,(H,14,17). The first-order valence-corrected chi connectivity index (χ1v) is 6.67. The zero-order valence-corrected chi connectivity index (χ0v) is 10.9. The fourth-order valence-corrected chi connectivity index (χ4v) is 2.54. The van der Waals surface area contributed by atoms with Crippen LogP contribution in [0.25, 0.3) is 0 Å². The van der Waals surface area contributed by atoms with E-state index in [2.05, 4.69) is 0 Å². The SMILES string of the molecule is NNC(=O)c1cccc(CN2C(=O)CCSC2=O)c1. The number of hydrogen-bond donors (Lipinski definition) is 2. The predicted molar refractivity (Wildman–Crippen MR) is 71.1 cm³/mol. The first kappa shape index (κ1) is 13.6. The maximum atomic E-state index is 11.7. The minimum absolute atomic E-state index is 0.177. The molecule has 0 aromatic heterocycles. The third-order valence-electron chi connectivity index (χ3n) is 2.72. The van der Waals surface area contributed by atoms with Gasteiger partial charge in [-0.1, -0.05) is 23.9 Å². The van der Waals surface area contributed by atoms with Crippen LogP contribution in [0.15, 0.2) is 24.3 Å². The molecule has 0 aliphatic carbocycles. The molecular formula is C12H13N3O3S. The summed E-state index contributed by atoms with van der Waals surface area (Å²) in [6, 6.07) is 6.67. The number of benzene rings is 1. The molecule has 1 aliphatic heterocycles. The van der Waals surface area contributed by atoms with E-state index in [1.807, 2.05) is 5.43 Å². The average Bonchev–Trinajstić information content (AvgIpc) is 2.42. The van der Waals surface area contributed by atoms with Crippen LogP contribution in [0, 0.1) is 0 Å². The smallest absolute Gasteiger partial charge is 0.288 e. The summed E-state index contributed by atoms with van der Waals surface area (Å²) in [4.78, 5) is 35.9. The van der Waals surface area contributed by atoms with Gasteiger partial charge in [-0.2, -0.15) is 0 Å². The molecule has 0 bridgehead atoms. The van der Waals surface area contributed by atoms with Crippen molar-refractivity contribution in [3.05, 3.63) is 35.4 Å². The number of hydrazine groups is 1. The van der Waals surface area contributed by atoms with Crippen LogP contribution in [0.3, 0.4) is 0 Å². The lowest BCUT2D eigenvalue weighted by Gasteiger charge is -2.24. The van der Waals surface area contributed by atoms with Gasteiger partial charge in [-0.15, -0.1) is 0 Å². The fourth-order valence-electron chi connectivity index (χ4n) is 1.77. The molecule has 2 rings (SSSR count). The summed E-state index contributed by atoms with van der Waals surface area (Å²) >= 11 is 1.13. The summed E-state index contributed by atoms with van der Waals surface area (Å²) in [5.41, 5.74) is 3.15. The van der Waals surface area contributed by atoms with Gasteiger partial charge < -0.3 is 0 Å². The number of nitrogen functional groups attached to an aromatic ring is 1. The normalized spacial score (nSPS) is 15.5. The first-order chi connectivity index (χ1) is 9.11. The van der Waals surface area contributed by atoms with Gasteiger partial charge in [-0.25, -0.2) is 5.84 Å². The molecule has 0 saturated carbocycles. The molecule has 1 aliphatic rings. The molecule has 100 valence electrons. The third-order valence-corrected chi connectivity index (χ3v) is 3.60. The van der Waals surface area contributed by atoms with Crippen LogP contribution in [0.5, 0.6) is 0 Å². The molecule has 0 unspecified atom stereocenters. The van der Waals surface area contributed by atoms with E-state index in [0.29, 0.717) is 23.3 Å². The first-order valence-electron chi connectivity index (χ1n) is 5.69. The second-order valence-electron chi connectivity index (χ2n) is 4.02. The van der Waals surface area contributed by atoms with E-state index in [1.54, 1.807) is 24.3 Å². The number of amides is 3. The minimum atomic E-state index is -0.410. The Balaban J connectivity index is 2.16. The highest BCUT2D eigenvalue weighted by Gasteiger charge is 2.26. The van der Waals surface area contributed by atoms with Crippen molar-refractivity contribution >= 4 is 28.8 Å². The van der Waals surface area contributed by atoms with Crippen molar-refractivity contribution in [2.45, 2.75) is 13.0 Å². The topological polar surface area (TPSA) is 92.5 Å². The molecule has 1 aromatic carbocycles. The number of nitrogens with zero attached hydrogens (tertiary/aromatic N) is 1. The number of imide groups is 1. The zero-order chi connectivity index (χ0) is 13.8. The summed E-state index contributed by atoms with van der Waals surface area (Å²) in [6.45, 7) is 0.177. The maximum absolute atomic E-state index is 11.7. The predicted octanol–water partition coefficient (Wildman–Crippen LogP) is 0.876. The molecular weight excluding hydrogens is 266 g/mol. The number of nitrogens with one attached hydrogen (secondary N) is 1. The Hall–Kier alpha value is -1.86. The number of hydrogen-bond acceptors (Lipinski definition) is 5. The third kappa shape index (κ3) is 3.12. The Bertz CT molecular complexity index is 517. The highest BCUT2D eigenvalue weighted by atomic mass is 32.2. The van der Waals surface area contributed by atoms with Gasteiger partial charge in [-0.3, -0.25) is 24.7 Å². The van der Waals surface area contributed by atoms with E-state index in [9.17, 15) is 14.4 Å². The summed E-state index contributed by atoms with van der Waals surface area (Å²) < 4.78 is 0. The largest absolute Gasteiger partial charge is 0.290 e. The van der Waals surface area contributed by atoms with Gasteiger partial charge in [0.15, 0.2) is 0 Å². The van der Waals surface area contributed by atoms with Crippen molar-refractivity contribution in [3.8, 4) is 0 Å². The van der Waals surface area contributed by atoms with Crippen LogP contribution < -0.4 is 11.3 Å². The Labute approximate surface area is 114 Å². The van der Waals surface area contributed by atoms with Crippen LogP contribution in [0.1, 0.15) is 22.3 Å². The number of thioether (sulfide) groups is 1. The number of rotatable bonds is 3. The summed E-state index contributed by atoms with van der Waals surface area (Å²) in [5.74, 6) is 5.00. The lowest BCUT2D eigenvalue weighted by molar-refractivity contribution is -0.128. The van der Waals surface area contributed by atoms with E-state index in [-0.39, 0.29) is 17.7 Å².